The van der Waals surface area contributed by atoms with Crippen molar-refractivity contribution in [3.05, 3.63) is 0 Å². The van der Waals surface area contributed by atoms with Crippen molar-refractivity contribution in [1.29, 1.82) is 0 Å². The normalized spacial score (nSPS) is 53.5. The molecule has 0 saturated heterocycles. The third-order valence-electron chi connectivity index (χ3n) is 9.62. The van der Waals surface area contributed by atoms with E-state index in [0.29, 0.717) is 5.92 Å². The van der Waals surface area contributed by atoms with Crippen molar-refractivity contribution >= 4 is 5.97 Å². The maximum Gasteiger partial charge on any atom is 0.309 e. The first kappa shape index (κ1) is 15.7. The van der Waals surface area contributed by atoms with Crippen LogP contribution in [0.5, 0.6) is 0 Å². The van der Waals surface area contributed by atoms with Gasteiger partial charge in [-0.3, -0.25) is 4.79 Å². The molecule has 0 heterocycles. The van der Waals surface area contributed by atoms with Gasteiger partial charge in [0.1, 0.15) is 5.60 Å². The van der Waals surface area contributed by atoms with Crippen LogP contribution >= 0.6 is 0 Å². The predicted molar refractivity (Wildman–Crippen MR) is 94.2 cm³/mol. The van der Waals surface area contributed by atoms with E-state index < -0.39 is 0 Å². The fourth-order valence-corrected chi connectivity index (χ4v) is 8.33. The van der Waals surface area contributed by atoms with Crippen LogP contribution in [-0.4, -0.2) is 11.6 Å². The summed E-state index contributed by atoms with van der Waals surface area (Å²) in [5.74, 6) is 7.42. The van der Waals surface area contributed by atoms with Crippen LogP contribution in [0.25, 0.3) is 0 Å². The zero-order chi connectivity index (χ0) is 16.6. The average molecular weight is 331 g/mol. The summed E-state index contributed by atoms with van der Waals surface area (Å²) in [6.07, 6.45) is 9.62. The molecule has 9 atom stereocenters. The van der Waals surface area contributed by atoms with Crippen LogP contribution in [0.4, 0.5) is 0 Å². The molecule has 5 rings (SSSR count). The Morgan fingerprint density at radius 3 is 2.29 bits per heavy atom. The highest BCUT2D eigenvalue weighted by Crippen LogP contribution is 2.71. The van der Waals surface area contributed by atoms with E-state index in [2.05, 4.69) is 20.8 Å². The van der Waals surface area contributed by atoms with Crippen molar-refractivity contribution in [2.75, 3.05) is 0 Å². The van der Waals surface area contributed by atoms with Crippen molar-refractivity contribution in [1.82, 2.24) is 0 Å². The number of hydrogen-bond acceptors (Lipinski definition) is 2. The van der Waals surface area contributed by atoms with E-state index in [1.807, 2.05) is 0 Å². The van der Waals surface area contributed by atoms with Crippen molar-refractivity contribution in [2.45, 2.75) is 77.7 Å². The molecule has 0 aromatic heterocycles. The van der Waals surface area contributed by atoms with Gasteiger partial charge in [-0.05, 0) is 98.7 Å². The topological polar surface area (TPSA) is 26.3 Å². The van der Waals surface area contributed by atoms with Gasteiger partial charge in [0.25, 0.3) is 0 Å². The monoisotopic (exact) mass is 330 g/mol. The molecule has 0 N–H and O–H groups in total. The lowest BCUT2D eigenvalue weighted by Gasteiger charge is -2.43. The Balaban J connectivity index is 1.33. The van der Waals surface area contributed by atoms with Crippen molar-refractivity contribution in [3.8, 4) is 0 Å². The minimum Gasteiger partial charge on any atom is -0.459 e. The molecule has 24 heavy (non-hydrogen) atoms. The first-order chi connectivity index (χ1) is 11.5. The van der Waals surface area contributed by atoms with Crippen LogP contribution in [0.2, 0.25) is 0 Å². The Hall–Kier alpha value is -0.530. The summed E-state index contributed by atoms with van der Waals surface area (Å²) in [6, 6.07) is 0. The Kier molecular flexibility index (Phi) is 3.43. The van der Waals surface area contributed by atoms with Crippen LogP contribution in [0.15, 0.2) is 0 Å². The van der Waals surface area contributed by atoms with Gasteiger partial charge in [0.05, 0.1) is 5.92 Å². The van der Waals surface area contributed by atoms with Crippen LogP contribution in [0.1, 0.15) is 72.1 Å². The number of hydrogen-bond donors (Lipinski definition) is 0. The number of rotatable bonds is 3. The highest BCUT2D eigenvalue weighted by molar-refractivity contribution is 5.74. The molecule has 5 fully saturated rings. The molecule has 5 aliphatic rings. The summed E-state index contributed by atoms with van der Waals surface area (Å²) in [5.41, 5.74) is -0.102. The maximum absolute atomic E-state index is 13.1. The Morgan fingerprint density at radius 2 is 1.62 bits per heavy atom. The second-order valence-electron chi connectivity index (χ2n) is 10.1. The number of esters is 1. The lowest BCUT2D eigenvalue weighted by Crippen LogP contribution is -2.42. The molecule has 134 valence electrons. The SMILES string of the molecule is CCC1(OC(=O)C2CC3CC2C2C4CC(C(C)C4C)C32)CCCC1. The van der Waals surface area contributed by atoms with Crippen LogP contribution in [0, 0.1) is 53.3 Å². The summed E-state index contributed by atoms with van der Waals surface area (Å²) in [7, 11) is 0. The van der Waals surface area contributed by atoms with Crippen LogP contribution in [0.3, 0.4) is 0 Å². The van der Waals surface area contributed by atoms with Gasteiger partial charge in [-0.1, -0.05) is 20.8 Å². The molecule has 0 amide bonds. The summed E-state index contributed by atoms with van der Waals surface area (Å²) in [4.78, 5) is 13.1. The van der Waals surface area contributed by atoms with E-state index in [1.165, 1.54) is 25.7 Å². The van der Waals surface area contributed by atoms with E-state index >= 15 is 0 Å². The minimum atomic E-state index is -0.102. The van der Waals surface area contributed by atoms with E-state index in [4.69, 9.17) is 4.74 Å². The lowest BCUT2D eigenvalue weighted by molar-refractivity contribution is -0.168. The zero-order valence-corrected chi connectivity index (χ0v) is 15.7. The van der Waals surface area contributed by atoms with Crippen molar-refractivity contribution in [3.63, 3.8) is 0 Å². The van der Waals surface area contributed by atoms with Gasteiger partial charge in [-0.15, -0.1) is 0 Å². The van der Waals surface area contributed by atoms with Gasteiger partial charge in [-0.25, -0.2) is 0 Å². The van der Waals surface area contributed by atoms with Crippen LogP contribution < -0.4 is 0 Å². The van der Waals surface area contributed by atoms with E-state index in [-0.39, 0.29) is 17.5 Å². The molecule has 0 aromatic rings. The lowest BCUT2D eigenvalue weighted by atomic mass is 9.62. The summed E-state index contributed by atoms with van der Waals surface area (Å²) in [5, 5.41) is 0. The van der Waals surface area contributed by atoms with Gasteiger partial charge in [0, 0.05) is 0 Å². The zero-order valence-electron chi connectivity index (χ0n) is 15.7. The Labute approximate surface area is 147 Å². The summed E-state index contributed by atoms with van der Waals surface area (Å²) < 4.78 is 6.22. The first-order valence-electron chi connectivity index (χ1n) is 10.8. The standard InChI is InChI=1S/C22H34O2/c1-4-22(7-5-6-8-22)24-21(23)18-10-14-9-17(18)20-16-11-15(19(14)20)12(2)13(16)3/h12-20H,4-11H2,1-3H3. The van der Waals surface area contributed by atoms with Crippen molar-refractivity contribution < 1.29 is 9.53 Å². The number of carbonyl (C=O) groups excluding carboxylic acids is 1. The molecule has 0 radical (unpaired) electrons. The molecular weight excluding hydrogens is 296 g/mol. The number of carbonyl (C=O) groups is 1. The highest BCUT2D eigenvalue weighted by atomic mass is 16.6. The fourth-order valence-electron chi connectivity index (χ4n) is 8.33. The molecule has 9 unspecified atom stereocenters. The number of ether oxygens (including phenoxy) is 1. The minimum absolute atomic E-state index is 0.102. The van der Waals surface area contributed by atoms with Crippen molar-refractivity contribution in [2.24, 2.45) is 53.3 Å². The molecule has 2 nitrogen and oxygen atoms in total. The highest BCUT2D eigenvalue weighted by Gasteiger charge is 2.67. The number of fused-ring (bicyclic) bond motifs is 9. The first-order valence-corrected chi connectivity index (χ1v) is 10.8. The van der Waals surface area contributed by atoms with Crippen LogP contribution in [-0.2, 0) is 9.53 Å². The second kappa shape index (κ2) is 5.24. The second-order valence-corrected chi connectivity index (χ2v) is 10.1. The van der Waals surface area contributed by atoms with Gasteiger partial charge in [0.15, 0.2) is 0 Å². The van der Waals surface area contributed by atoms with Gasteiger partial charge in [0.2, 0.25) is 0 Å². The molecule has 2 heteroatoms. The molecule has 0 aromatic carbocycles. The summed E-state index contributed by atoms with van der Waals surface area (Å²) >= 11 is 0. The molecule has 0 spiro atoms. The van der Waals surface area contributed by atoms with E-state index in [1.54, 1.807) is 0 Å². The molecular formula is C22H34O2. The van der Waals surface area contributed by atoms with Gasteiger partial charge in [-0.2, -0.15) is 0 Å². The Morgan fingerprint density at radius 1 is 0.958 bits per heavy atom. The third kappa shape index (κ3) is 1.92. The van der Waals surface area contributed by atoms with Gasteiger partial charge >= 0.3 is 5.97 Å². The fraction of sp³-hybridized carbons (Fsp3) is 0.955. The Bertz CT molecular complexity index is 534. The molecule has 5 aliphatic carbocycles. The quantitative estimate of drug-likeness (QED) is 0.534. The average Bonchev–Trinajstić information content (AvgIpc) is 3.34. The molecule has 5 saturated carbocycles. The third-order valence-corrected chi connectivity index (χ3v) is 9.62. The smallest absolute Gasteiger partial charge is 0.309 e. The molecule has 4 bridgehead atoms. The van der Waals surface area contributed by atoms with E-state index in [9.17, 15) is 4.79 Å². The molecule has 0 aliphatic heterocycles. The maximum atomic E-state index is 13.1. The largest absolute Gasteiger partial charge is 0.459 e. The predicted octanol–water partition coefficient (Wildman–Crippen LogP) is 5.06. The van der Waals surface area contributed by atoms with Gasteiger partial charge < -0.3 is 4.74 Å². The van der Waals surface area contributed by atoms with E-state index in [0.717, 1.165) is 67.1 Å². The summed E-state index contributed by atoms with van der Waals surface area (Å²) in [6.45, 7) is 7.18.